The summed E-state index contributed by atoms with van der Waals surface area (Å²) >= 11 is 0. The zero-order chi connectivity index (χ0) is 20.0. The van der Waals surface area contributed by atoms with Crippen LogP contribution in [0.3, 0.4) is 0 Å². The molecule has 0 amide bonds. The lowest BCUT2D eigenvalue weighted by molar-refractivity contribution is 0.0709. The number of nitrogens with one attached hydrogen (secondary N) is 1. The largest absolute Gasteiger partial charge is 0.341 e. The highest BCUT2D eigenvalue weighted by molar-refractivity contribution is 5.78. The number of rotatable bonds is 4. The Balaban J connectivity index is 1.31. The van der Waals surface area contributed by atoms with Gasteiger partial charge in [-0.1, -0.05) is 0 Å². The third-order valence-corrected chi connectivity index (χ3v) is 6.41. The van der Waals surface area contributed by atoms with Gasteiger partial charge in [-0.2, -0.15) is 4.98 Å². The second kappa shape index (κ2) is 6.95. The summed E-state index contributed by atoms with van der Waals surface area (Å²) in [6.45, 7) is 6.28. The molecule has 1 aliphatic heterocycles. The molecule has 2 fully saturated rings. The van der Waals surface area contributed by atoms with Gasteiger partial charge in [0.05, 0.1) is 18.0 Å². The van der Waals surface area contributed by atoms with Crippen LogP contribution >= 0.6 is 0 Å². The van der Waals surface area contributed by atoms with Crippen LogP contribution in [0.15, 0.2) is 30.9 Å². The highest BCUT2D eigenvalue weighted by Gasteiger charge is 2.44. The topological polar surface area (TPSA) is 97.8 Å². The lowest BCUT2D eigenvalue weighted by Crippen LogP contribution is -2.52. The molecule has 1 aliphatic carbocycles. The van der Waals surface area contributed by atoms with Gasteiger partial charge in [0, 0.05) is 37.4 Å². The Labute approximate surface area is 170 Å². The van der Waals surface area contributed by atoms with E-state index in [1.165, 1.54) is 25.7 Å². The summed E-state index contributed by atoms with van der Waals surface area (Å²) in [7, 11) is 0. The number of anilines is 3. The number of imidazole rings is 1. The second-order valence-electron chi connectivity index (χ2n) is 8.83. The monoisotopic (exact) mass is 392 g/mol. The first-order chi connectivity index (χ1) is 14.0. The summed E-state index contributed by atoms with van der Waals surface area (Å²) in [4.78, 5) is 20.4. The van der Waals surface area contributed by atoms with Gasteiger partial charge in [0.1, 0.15) is 17.2 Å². The highest BCUT2D eigenvalue weighted by Crippen LogP contribution is 2.48. The standard InChI is InChI=1S/C21H28N8/c1-14(2)29-13-25-16-12-24-19(9-17(16)29)26-18-3-6-23-20(27-18)28-7-4-21(5-8-28)10-15(22)11-21/h3,6,9,12-15H,4-5,7-8,10-11,22H2,1-2H3,(H,23,24,26,27). The van der Waals surface area contributed by atoms with Crippen LogP contribution in [0, 0.1) is 5.41 Å². The van der Waals surface area contributed by atoms with Crippen LogP contribution in [0.4, 0.5) is 17.6 Å². The minimum Gasteiger partial charge on any atom is -0.341 e. The lowest BCUT2D eigenvalue weighted by atomic mass is 9.61. The molecule has 1 saturated carbocycles. The first-order valence-corrected chi connectivity index (χ1v) is 10.4. The zero-order valence-corrected chi connectivity index (χ0v) is 17.0. The molecule has 1 saturated heterocycles. The van der Waals surface area contributed by atoms with E-state index in [2.05, 4.69) is 43.6 Å². The Hall–Kier alpha value is -2.74. The Morgan fingerprint density at radius 3 is 2.66 bits per heavy atom. The van der Waals surface area contributed by atoms with Gasteiger partial charge in [-0.15, -0.1) is 0 Å². The summed E-state index contributed by atoms with van der Waals surface area (Å²) in [5.41, 5.74) is 8.45. The minimum atomic E-state index is 0.341. The number of piperidine rings is 1. The Morgan fingerprint density at radius 2 is 1.93 bits per heavy atom. The number of pyridine rings is 1. The van der Waals surface area contributed by atoms with E-state index in [0.29, 0.717) is 17.5 Å². The van der Waals surface area contributed by atoms with E-state index in [9.17, 15) is 0 Å². The maximum Gasteiger partial charge on any atom is 0.227 e. The summed E-state index contributed by atoms with van der Waals surface area (Å²) in [6, 6.07) is 4.65. The third kappa shape index (κ3) is 3.42. The highest BCUT2D eigenvalue weighted by atomic mass is 15.3. The van der Waals surface area contributed by atoms with Crippen molar-refractivity contribution in [3.05, 3.63) is 30.9 Å². The maximum absolute atomic E-state index is 6.02. The van der Waals surface area contributed by atoms with E-state index < -0.39 is 0 Å². The van der Waals surface area contributed by atoms with Crippen molar-refractivity contribution >= 4 is 28.6 Å². The van der Waals surface area contributed by atoms with Crippen LogP contribution in [0.5, 0.6) is 0 Å². The van der Waals surface area contributed by atoms with Crippen LogP contribution in [0.2, 0.25) is 0 Å². The normalized spacial score (nSPS) is 19.1. The maximum atomic E-state index is 6.02. The van der Waals surface area contributed by atoms with Crippen LogP contribution in [-0.4, -0.2) is 43.6 Å². The van der Waals surface area contributed by atoms with Crippen LogP contribution in [0.1, 0.15) is 45.6 Å². The van der Waals surface area contributed by atoms with E-state index in [1.54, 1.807) is 6.20 Å². The van der Waals surface area contributed by atoms with Gasteiger partial charge < -0.3 is 20.5 Å². The van der Waals surface area contributed by atoms with Gasteiger partial charge in [-0.25, -0.2) is 15.0 Å². The molecule has 0 radical (unpaired) electrons. The summed E-state index contributed by atoms with van der Waals surface area (Å²) in [6.07, 6.45) is 10.2. The average Bonchev–Trinajstić information content (AvgIpc) is 3.11. The van der Waals surface area contributed by atoms with Crippen molar-refractivity contribution in [2.45, 2.75) is 51.6 Å². The van der Waals surface area contributed by atoms with Crippen molar-refractivity contribution in [2.75, 3.05) is 23.3 Å². The molecule has 3 aromatic rings. The number of hydrogen-bond acceptors (Lipinski definition) is 7. The summed E-state index contributed by atoms with van der Waals surface area (Å²) in [5.74, 6) is 2.29. The van der Waals surface area contributed by atoms with Crippen LogP contribution < -0.4 is 16.0 Å². The number of fused-ring (bicyclic) bond motifs is 1. The van der Waals surface area contributed by atoms with E-state index in [-0.39, 0.29) is 0 Å². The molecule has 4 heterocycles. The Kier molecular flexibility index (Phi) is 4.38. The molecule has 152 valence electrons. The molecule has 3 aromatic heterocycles. The lowest BCUT2D eigenvalue weighted by Gasteiger charge is -2.51. The Bertz CT molecular complexity index is 1010. The molecular formula is C21H28N8. The molecular weight excluding hydrogens is 364 g/mol. The van der Waals surface area contributed by atoms with Crippen molar-refractivity contribution in [1.82, 2.24) is 24.5 Å². The molecule has 1 spiro atoms. The zero-order valence-electron chi connectivity index (χ0n) is 17.0. The van der Waals surface area contributed by atoms with Crippen molar-refractivity contribution in [2.24, 2.45) is 11.1 Å². The SMILES string of the molecule is CC(C)n1cnc2cnc(Nc3ccnc(N4CCC5(CC4)CC(N)C5)n3)cc21. The van der Waals surface area contributed by atoms with Crippen molar-refractivity contribution in [3.63, 3.8) is 0 Å². The van der Waals surface area contributed by atoms with Gasteiger partial charge >= 0.3 is 0 Å². The number of hydrogen-bond donors (Lipinski definition) is 2. The predicted octanol–water partition coefficient (Wildman–Crippen LogP) is 3.25. The van der Waals surface area contributed by atoms with Crippen molar-refractivity contribution in [3.8, 4) is 0 Å². The molecule has 8 heteroatoms. The van der Waals surface area contributed by atoms with Crippen LogP contribution in [-0.2, 0) is 0 Å². The molecule has 2 aliphatic rings. The van der Waals surface area contributed by atoms with Crippen molar-refractivity contribution < 1.29 is 0 Å². The molecule has 0 atom stereocenters. The summed E-state index contributed by atoms with van der Waals surface area (Å²) < 4.78 is 2.14. The Morgan fingerprint density at radius 1 is 1.14 bits per heavy atom. The van der Waals surface area contributed by atoms with E-state index in [0.717, 1.165) is 41.7 Å². The van der Waals surface area contributed by atoms with Gasteiger partial charge in [-0.05, 0) is 51.0 Å². The first-order valence-electron chi connectivity index (χ1n) is 10.4. The fraction of sp³-hybridized carbons (Fsp3) is 0.524. The number of nitrogens with two attached hydrogens (primary N) is 1. The molecule has 5 rings (SSSR count). The second-order valence-corrected chi connectivity index (χ2v) is 8.83. The van der Waals surface area contributed by atoms with Crippen molar-refractivity contribution in [1.29, 1.82) is 0 Å². The van der Waals surface area contributed by atoms with Gasteiger partial charge in [0.25, 0.3) is 0 Å². The minimum absolute atomic E-state index is 0.341. The van der Waals surface area contributed by atoms with Crippen LogP contribution in [0.25, 0.3) is 11.0 Å². The molecule has 29 heavy (non-hydrogen) atoms. The third-order valence-electron chi connectivity index (χ3n) is 6.41. The fourth-order valence-electron chi connectivity index (χ4n) is 4.75. The fourth-order valence-corrected chi connectivity index (χ4v) is 4.75. The number of nitrogens with zero attached hydrogens (tertiary/aromatic N) is 6. The van der Waals surface area contributed by atoms with E-state index >= 15 is 0 Å². The quantitative estimate of drug-likeness (QED) is 0.703. The van der Waals surface area contributed by atoms with Gasteiger partial charge in [0.2, 0.25) is 5.95 Å². The molecule has 0 unspecified atom stereocenters. The molecule has 3 N–H and O–H groups in total. The molecule has 8 nitrogen and oxygen atoms in total. The van der Waals surface area contributed by atoms with Gasteiger partial charge in [-0.3, -0.25) is 0 Å². The van der Waals surface area contributed by atoms with E-state index in [1.807, 2.05) is 24.7 Å². The number of aromatic nitrogens is 5. The average molecular weight is 393 g/mol. The molecule has 0 bridgehead atoms. The smallest absolute Gasteiger partial charge is 0.227 e. The van der Waals surface area contributed by atoms with E-state index in [4.69, 9.17) is 10.7 Å². The van der Waals surface area contributed by atoms with Gasteiger partial charge in [0.15, 0.2) is 0 Å². The summed E-state index contributed by atoms with van der Waals surface area (Å²) in [5, 5.41) is 3.33. The first kappa shape index (κ1) is 18.3. The predicted molar refractivity (Wildman–Crippen MR) is 114 cm³/mol. The molecule has 0 aromatic carbocycles.